The summed E-state index contributed by atoms with van der Waals surface area (Å²) in [6.07, 6.45) is 0.0264. The Bertz CT molecular complexity index is 576. The summed E-state index contributed by atoms with van der Waals surface area (Å²) in [4.78, 5) is 25.4. The molecule has 1 heterocycles. The van der Waals surface area contributed by atoms with Crippen LogP contribution in [0.1, 0.15) is 37.6 Å². The zero-order valence-corrected chi connectivity index (χ0v) is 15.6. The van der Waals surface area contributed by atoms with Gasteiger partial charge in [-0.15, -0.1) is 0 Å². The maximum absolute atomic E-state index is 12.2. The molecule has 1 aliphatic heterocycles. The molecular formula is C17H25NO5S. The lowest BCUT2D eigenvalue weighted by Crippen LogP contribution is -2.35. The number of thiol groups is 1. The second kappa shape index (κ2) is 9.42. The van der Waals surface area contributed by atoms with Crippen molar-refractivity contribution >= 4 is 24.5 Å². The average molecular weight is 355 g/mol. The molecule has 7 heteroatoms. The first-order valence-corrected chi connectivity index (χ1v) is 8.41. The van der Waals surface area contributed by atoms with Gasteiger partial charge in [-0.05, 0) is 25.1 Å². The second-order valence-electron chi connectivity index (χ2n) is 4.92. The van der Waals surface area contributed by atoms with Crippen LogP contribution in [0.2, 0.25) is 0 Å². The normalized spacial score (nSPS) is 17.7. The molecular weight excluding hydrogens is 330 g/mol. The molecule has 2 rings (SSSR count). The Morgan fingerprint density at radius 3 is 2.46 bits per heavy atom. The number of carbonyl (C=O) groups is 2. The van der Waals surface area contributed by atoms with Crippen molar-refractivity contribution in [2.75, 3.05) is 20.8 Å². The molecule has 0 aliphatic carbocycles. The summed E-state index contributed by atoms with van der Waals surface area (Å²) < 4.78 is 15.6. The van der Waals surface area contributed by atoms with Gasteiger partial charge in [0.15, 0.2) is 17.6 Å². The van der Waals surface area contributed by atoms with Gasteiger partial charge in [0.2, 0.25) is 0 Å². The van der Waals surface area contributed by atoms with Gasteiger partial charge in [0.25, 0.3) is 5.91 Å². The van der Waals surface area contributed by atoms with E-state index in [1.54, 1.807) is 17.0 Å². The molecule has 1 unspecified atom stereocenters. The minimum absolute atomic E-state index is 0.0957. The topological polar surface area (TPSA) is 65.1 Å². The van der Waals surface area contributed by atoms with Gasteiger partial charge in [0, 0.05) is 13.0 Å². The molecule has 2 atom stereocenters. The van der Waals surface area contributed by atoms with E-state index in [2.05, 4.69) is 17.4 Å². The first-order valence-electron chi connectivity index (χ1n) is 7.89. The van der Waals surface area contributed by atoms with Crippen LogP contribution in [0.4, 0.5) is 0 Å². The molecule has 24 heavy (non-hydrogen) atoms. The van der Waals surface area contributed by atoms with Crippen LogP contribution in [-0.2, 0) is 9.53 Å². The van der Waals surface area contributed by atoms with Crippen molar-refractivity contribution in [3.8, 4) is 11.5 Å². The fourth-order valence-electron chi connectivity index (χ4n) is 2.32. The van der Waals surface area contributed by atoms with Gasteiger partial charge in [-0.3, -0.25) is 4.79 Å². The lowest BCUT2D eigenvalue weighted by atomic mass is 10.2. The van der Waals surface area contributed by atoms with E-state index >= 15 is 0 Å². The van der Waals surface area contributed by atoms with Crippen LogP contribution in [0.5, 0.6) is 11.5 Å². The lowest BCUT2D eigenvalue weighted by molar-refractivity contribution is -0.133. The van der Waals surface area contributed by atoms with Crippen molar-refractivity contribution in [3.63, 3.8) is 0 Å². The van der Waals surface area contributed by atoms with Crippen LogP contribution in [0.3, 0.4) is 0 Å². The summed E-state index contributed by atoms with van der Waals surface area (Å²) in [5.74, 6) is 0.244. The summed E-state index contributed by atoms with van der Waals surface area (Å²) >= 11 is 4.28. The van der Waals surface area contributed by atoms with Crippen LogP contribution in [0.15, 0.2) is 18.2 Å². The highest BCUT2D eigenvalue weighted by molar-refractivity contribution is 7.80. The van der Waals surface area contributed by atoms with Crippen molar-refractivity contribution in [3.05, 3.63) is 23.8 Å². The number of amides is 1. The summed E-state index contributed by atoms with van der Waals surface area (Å²) in [7, 11) is 2.78. The van der Waals surface area contributed by atoms with Gasteiger partial charge in [-0.1, -0.05) is 13.8 Å². The van der Waals surface area contributed by atoms with Crippen LogP contribution >= 0.6 is 12.6 Å². The molecule has 6 nitrogen and oxygen atoms in total. The predicted molar refractivity (Wildman–Crippen MR) is 94.9 cm³/mol. The van der Waals surface area contributed by atoms with Crippen LogP contribution < -0.4 is 9.47 Å². The smallest absolute Gasteiger partial charge is 0.337 e. The number of hydrogen-bond acceptors (Lipinski definition) is 6. The molecule has 134 valence electrons. The quantitative estimate of drug-likeness (QED) is 0.650. The first kappa shape index (κ1) is 20.2. The van der Waals surface area contributed by atoms with Crippen molar-refractivity contribution in [1.29, 1.82) is 0 Å². The maximum Gasteiger partial charge on any atom is 0.337 e. The molecule has 0 aromatic heterocycles. The van der Waals surface area contributed by atoms with E-state index in [1.165, 1.54) is 20.3 Å². The highest BCUT2D eigenvalue weighted by Gasteiger charge is 2.35. The van der Waals surface area contributed by atoms with E-state index in [0.717, 1.165) is 0 Å². The van der Waals surface area contributed by atoms with Gasteiger partial charge >= 0.3 is 5.97 Å². The predicted octanol–water partition coefficient (Wildman–Crippen LogP) is 2.76. The minimum Gasteiger partial charge on any atom is -0.493 e. The second-order valence-corrected chi connectivity index (χ2v) is 5.66. The van der Waals surface area contributed by atoms with E-state index < -0.39 is 12.1 Å². The van der Waals surface area contributed by atoms with Gasteiger partial charge in [-0.25, -0.2) is 4.79 Å². The monoisotopic (exact) mass is 355 g/mol. The molecule has 1 amide bonds. The number of benzene rings is 1. The summed E-state index contributed by atoms with van der Waals surface area (Å²) in [6, 6.07) is 4.70. The van der Waals surface area contributed by atoms with Crippen LogP contribution in [0.25, 0.3) is 0 Å². The van der Waals surface area contributed by atoms with Crippen molar-refractivity contribution < 1.29 is 23.8 Å². The Morgan fingerprint density at radius 1 is 1.29 bits per heavy atom. The van der Waals surface area contributed by atoms with E-state index in [-0.39, 0.29) is 11.3 Å². The molecule has 1 saturated heterocycles. The number of esters is 1. The molecule has 0 saturated carbocycles. The van der Waals surface area contributed by atoms with Crippen molar-refractivity contribution in [1.82, 2.24) is 4.90 Å². The Kier molecular flexibility index (Phi) is 7.91. The summed E-state index contributed by atoms with van der Waals surface area (Å²) in [6.45, 7) is 6.45. The number of methoxy groups -OCH3 is 2. The molecule has 0 bridgehead atoms. The van der Waals surface area contributed by atoms with E-state index in [0.29, 0.717) is 30.0 Å². The highest BCUT2D eigenvalue weighted by Crippen LogP contribution is 2.31. The number of rotatable bonds is 5. The third-order valence-corrected chi connectivity index (χ3v) is 3.77. The van der Waals surface area contributed by atoms with Gasteiger partial charge in [-0.2, -0.15) is 12.6 Å². The molecule has 1 aliphatic rings. The molecule has 1 fully saturated rings. The Balaban J connectivity index is 0.00000139. The standard InChI is InChI=1S/C15H19NO5S.C2H6/c1-9(22)16-7-6-12(14(16)17)21-11-5-4-10(15(18)20-3)8-13(11)19-2;1-2/h4-5,8-9,12,22H,6-7H2,1-3H3;1-2H3/t9-,12?;/m0./s1. The molecule has 1 aromatic rings. The third-order valence-electron chi connectivity index (χ3n) is 3.50. The van der Waals surface area contributed by atoms with E-state index in [4.69, 9.17) is 9.47 Å². The highest BCUT2D eigenvalue weighted by atomic mass is 32.1. The summed E-state index contributed by atoms with van der Waals surface area (Å²) in [5.41, 5.74) is 0.357. The van der Waals surface area contributed by atoms with E-state index in [9.17, 15) is 9.59 Å². The maximum atomic E-state index is 12.2. The van der Waals surface area contributed by atoms with Crippen LogP contribution in [0, 0.1) is 0 Å². The number of hydrogen-bond donors (Lipinski definition) is 1. The van der Waals surface area contributed by atoms with E-state index in [1.807, 2.05) is 20.8 Å². The number of nitrogens with zero attached hydrogens (tertiary/aromatic N) is 1. The fraction of sp³-hybridized carbons (Fsp3) is 0.529. The first-order chi connectivity index (χ1) is 11.5. The minimum atomic E-state index is -0.563. The zero-order valence-electron chi connectivity index (χ0n) is 14.7. The van der Waals surface area contributed by atoms with Gasteiger partial charge in [0.05, 0.1) is 25.2 Å². The number of likely N-dealkylation sites (tertiary alicyclic amines) is 1. The number of ether oxygens (including phenoxy) is 3. The SMILES string of the molecule is CC.COC(=O)c1ccc(OC2CCN([C@H](C)S)C2=O)c(OC)c1. The fourth-order valence-corrected chi connectivity index (χ4v) is 2.55. The average Bonchev–Trinajstić information content (AvgIpc) is 2.97. The molecule has 0 radical (unpaired) electrons. The Labute approximate surface area is 148 Å². The zero-order chi connectivity index (χ0) is 18.3. The molecule has 0 spiro atoms. The molecule has 1 aromatic carbocycles. The third kappa shape index (κ3) is 4.56. The molecule has 0 N–H and O–H groups in total. The van der Waals surface area contributed by atoms with Crippen molar-refractivity contribution in [2.24, 2.45) is 0 Å². The summed E-state index contributed by atoms with van der Waals surface area (Å²) in [5, 5.41) is -0.148. The van der Waals surface area contributed by atoms with Gasteiger partial charge in [0.1, 0.15) is 0 Å². The Hall–Kier alpha value is -1.89. The Morgan fingerprint density at radius 2 is 1.96 bits per heavy atom. The number of carbonyl (C=O) groups excluding carboxylic acids is 2. The van der Waals surface area contributed by atoms with Gasteiger partial charge < -0.3 is 19.1 Å². The van der Waals surface area contributed by atoms with Crippen molar-refractivity contribution in [2.45, 2.75) is 38.7 Å². The lowest BCUT2D eigenvalue weighted by Gasteiger charge is -2.20. The van der Waals surface area contributed by atoms with Crippen LogP contribution in [-0.4, -0.2) is 49.0 Å². The largest absolute Gasteiger partial charge is 0.493 e.